The number of benzene rings is 2. The van der Waals surface area contributed by atoms with E-state index in [-0.39, 0.29) is 29.8 Å². The summed E-state index contributed by atoms with van der Waals surface area (Å²) in [5, 5.41) is 2.89. The van der Waals surface area contributed by atoms with Gasteiger partial charge in [-0.15, -0.1) is 0 Å². The number of aryl methyl sites for hydroxylation is 1. The molecule has 0 aliphatic rings. The third-order valence-corrected chi connectivity index (χ3v) is 4.21. The molecule has 158 valence electrons. The average Bonchev–Trinajstić information content (AvgIpc) is 2.71. The highest BCUT2D eigenvalue weighted by atomic mass is 35.5. The summed E-state index contributed by atoms with van der Waals surface area (Å²) >= 11 is 5.90. The summed E-state index contributed by atoms with van der Waals surface area (Å²) in [6.07, 6.45) is 0.156. The summed E-state index contributed by atoms with van der Waals surface area (Å²) in [4.78, 5) is 47.2. The zero-order chi connectivity index (χ0) is 21.9. The van der Waals surface area contributed by atoms with E-state index in [1.165, 1.54) is 6.07 Å². The maximum Gasteiger partial charge on any atom is 0.306 e. The van der Waals surface area contributed by atoms with Gasteiger partial charge in [0.2, 0.25) is 5.91 Å². The lowest BCUT2D eigenvalue weighted by molar-refractivity contribution is -0.147. The maximum atomic E-state index is 11.9. The van der Waals surface area contributed by atoms with Gasteiger partial charge < -0.3 is 10.1 Å². The van der Waals surface area contributed by atoms with Gasteiger partial charge in [-0.2, -0.15) is 0 Å². The van der Waals surface area contributed by atoms with Gasteiger partial charge in [0, 0.05) is 18.5 Å². The van der Waals surface area contributed by atoms with Gasteiger partial charge in [0.05, 0.1) is 10.6 Å². The number of anilines is 1. The number of ether oxygens (including phenoxy) is 1. The van der Waals surface area contributed by atoms with Crippen LogP contribution in [0.25, 0.3) is 0 Å². The molecule has 0 spiro atoms. The molecular formula is C21H22ClN3O5. The molecule has 0 bridgehead atoms. The zero-order valence-corrected chi connectivity index (χ0v) is 17.1. The van der Waals surface area contributed by atoms with Gasteiger partial charge in [-0.3, -0.25) is 30.0 Å². The lowest BCUT2D eigenvalue weighted by Crippen LogP contribution is -2.41. The standard InChI is InChI=1S/C21H22ClN3O5/c1-14-6-4-7-15(12-14)23-19(27)13-30-20(28)11-5-10-18(26)24-25-21(29)16-8-2-3-9-17(16)22/h2-4,6-9,12H,5,10-11,13H2,1H3,(H,23,27)(H,24,26)(H,25,29). The number of amides is 3. The number of esters is 1. The Bertz CT molecular complexity index is 932. The topological polar surface area (TPSA) is 114 Å². The van der Waals surface area contributed by atoms with Crippen molar-refractivity contribution in [2.75, 3.05) is 11.9 Å². The Hall–Kier alpha value is -3.39. The molecule has 0 fully saturated rings. The number of hydrogen-bond acceptors (Lipinski definition) is 5. The molecule has 0 heterocycles. The van der Waals surface area contributed by atoms with Crippen LogP contribution in [0.4, 0.5) is 5.69 Å². The molecule has 0 aliphatic carbocycles. The number of nitrogens with one attached hydrogen (secondary N) is 3. The molecule has 8 nitrogen and oxygen atoms in total. The fourth-order valence-electron chi connectivity index (χ4n) is 2.43. The van der Waals surface area contributed by atoms with Crippen molar-refractivity contribution in [2.45, 2.75) is 26.2 Å². The molecule has 0 aromatic heterocycles. The first-order valence-corrected chi connectivity index (χ1v) is 9.59. The first-order valence-electron chi connectivity index (χ1n) is 9.21. The number of rotatable bonds is 8. The fourth-order valence-corrected chi connectivity index (χ4v) is 2.65. The predicted octanol–water partition coefficient (Wildman–Crippen LogP) is 2.76. The monoisotopic (exact) mass is 431 g/mol. The van der Waals surface area contributed by atoms with Gasteiger partial charge in [-0.25, -0.2) is 0 Å². The van der Waals surface area contributed by atoms with Crippen LogP contribution in [0, 0.1) is 6.92 Å². The normalized spacial score (nSPS) is 10.1. The van der Waals surface area contributed by atoms with Crippen molar-refractivity contribution in [3.63, 3.8) is 0 Å². The van der Waals surface area contributed by atoms with Crippen LogP contribution in [0.3, 0.4) is 0 Å². The molecule has 9 heteroatoms. The molecule has 0 radical (unpaired) electrons. The molecule has 0 aliphatic heterocycles. The molecule has 0 saturated carbocycles. The lowest BCUT2D eigenvalue weighted by atomic mass is 10.2. The summed E-state index contributed by atoms with van der Waals surface area (Å²) < 4.78 is 4.89. The van der Waals surface area contributed by atoms with E-state index in [4.69, 9.17) is 16.3 Å². The maximum absolute atomic E-state index is 11.9. The molecule has 0 atom stereocenters. The second-order valence-corrected chi connectivity index (χ2v) is 6.82. The zero-order valence-electron chi connectivity index (χ0n) is 16.4. The number of halogens is 1. The van der Waals surface area contributed by atoms with Gasteiger partial charge in [0.25, 0.3) is 11.8 Å². The molecule has 3 amide bonds. The van der Waals surface area contributed by atoms with Crippen molar-refractivity contribution in [3.05, 3.63) is 64.7 Å². The molecule has 3 N–H and O–H groups in total. The minimum atomic E-state index is -0.595. The number of hydrazine groups is 1. The van der Waals surface area contributed by atoms with E-state index >= 15 is 0 Å². The molecule has 0 saturated heterocycles. The first-order chi connectivity index (χ1) is 14.3. The van der Waals surface area contributed by atoms with E-state index in [1.54, 1.807) is 36.4 Å². The van der Waals surface area contributed by atoms with E-state index in [0.717, 1.165) is 5.56 Å². The third-order valence-electron chi connectivity index (χ3n) is 3.88. The Morgan fingerprint density at radius 3 is 2.43 bits per heavy atom. The smallest absolute Gasteiger partial charge is 0.306 e. The number of hydrogen-bond donors (Lipinski definition) is 3. The third kappa shape index (κ3) is 7.92. The molecule has 0 unspecified atom stereocenters. The van der Waals surface area contributed by atoms with Crippen LogP contribution < -0.4 is 16.2 Å². The second kappa shape index (κ2) is 11.6. The SMILES string of the molecule is Cc1cccc(NC(=O)COC(=O)CCCC(=O)NNC(=O)c2ccccc2Cl)c1. The lowest BCUT2D eigenvalue weighted by Gasteiger charge is -2.09. The Balaban J connectivity index is 1.60. The molecular weight excluding hydrogens is 410 g/mol. The van der Waals surface area contributed by atoms with Crippen molar-refractivity contribution in [1.82, 2.24) is 10.9 Å². The molecule has 30 heavy (non-hydrogen) atoms. The van der Waals surface area contributed by atoms with Crippen LogP contribution in [0.2, 0.25) is 5.02 Å². The van der Waals surface area contributed by atoms with Crippen molar-refractivity contribution in [1.29, 1.82) is 0 Å². The van der Waals surface area contributed by atoms with E-state index in [1.807, 2.05) is 13.0 Å². The summed E-state index contributed by atoms with van der Waals surface area (Å²) in [6.45, 7) is 1.49. The van der Waals surface area contributed by atoms with Gasteiger partial charge in [0.15, 0.2) is 6.61 Å². The first kappa shape index (κ1) is 22.9. The van der Waals surface area contributed by atoms with Crippen LogP contribution >= 0.6 is 11.6 Å². The Labute approximate surface area is 178 Å². The Morgan fingerprint density at radius 2 is 1.70 bits per heavy atom. The highest BCUT2D eigenvalue weighted by Crippen LogP contribution is 2.14. The quantitative estimate of drug-likeness (QED) is 0.439. The van der Waals surface area contributed by atoms with Gasteiger partial charge in [0.1, 0.15) is 0 Å². The second-order valence-electron chi connectivity index (χ2n) is 6.41. The van der Waals surface area contributed by atoms with E-state index < -0.39 is 30.3 Å². The number of carbonyl (C=O) groups is 4. The number of carbonyl (C=O) groups excluding carboxylic acids is 4. The average molecular weight is 432 g/mol. The van der Waals surface area contributed by atoms with Crippen LogP contribution in [0.15, 0.2) is 48.5 Å². The van der Waals surface area contributed by atoms with Gasteiger partial charge in [-0.05, 0) is 43.2 Å². The van der Waals surface area contributed by atoms with E-state index in [2.05, 4.69) is 16.2 Å². The highest BCUT2D eigenvalue weighted by Gasteiger charge is 2.12. The largest absolute Gasteiger partial charge is 0.456 e. The van der Waals surface area contributed by atoms with Crippen LogP contribution in [-0.2, 0) is 19.1 Å². The summed E-state index contributed by atoms with van der Waals surface area (Å²) in [6, 6.07) is 13.6. The Kier molecular flexibility index (Phi) is 8.83. The van der Waals surface area contributed by atoms with Crippen LogP contribution in [0.5, 0.6) is 0 Å². The predicted molar refractivity (Wildman–Crippen MR) is 112 cm³/mol. The minimum absolute atomic E-state index is 0.00656. The van der Waals surface area contributed by atoms with Gasteiger partial charge in [-0.1, -0.05) is 35.9 Å². The van der Waals surface area contributed by atoms with Crippen molar-refractivity contribution in [2.24, 2.45) is 0 Å². The Morgan fingerprint density at radius 1 is 0.933 bits per heavy atom. The van der Waals surface area contributed by atoms with Crippen LogP contribution in [0.1, 0.15) is 35.2 Å². The molecule has 2 aromatic carbocycles. The molecule has 2 rings (SSSR count). The van der Waals surface area contributed by atoms with Crippen molar-refractivity contribution < 1.29 is 23.9 Å². The fraction of sp³-hybridized carbons (Fsp3) is 0.238. The van der Waals surface area contributed by atoms with E-state index in [0.29, 0.717) is 5.69 Å². The summed E-state index contributed by atoms with van der Waals surface area (Å²) in [5.41, 5.74) is 6.34. The van der Waals surface area contributed by atoms with Gasteiger partial charge >= 0.3 is 5.97 Å². The summed E-state index contributed by atoms with van der Waals surface area (Å²) in [7, 11) is 0. The summed E-state index contributed by atoms with van der Waals surface area (Å²) in [5.74, 6) is -2.07. The van der Waals surface area contributed by atoms with E-state index in [9.17, 15) is 19.2 Å². The highest BCUT2D eigenvalue weighted by molar-refractivity contribution is 6.33. The minimum Gasteiger partial charge on any atom is -0.456 e. The van der Waals surface area contributed by atoms with Crippen molar-refractivity contribution >= 4 is 41.0 Å². The van der Waals surface area contributed by atoms with Crippen LogP contribution in [-0.4, -0.2) is 30.3 Å². The van der Waals surface area contributed by atoms with Crippen molar-refractivity contribution in [3.8, 4) is 0 Å². The molecule has 2 aromatic rings.